The van der Waals surface area contributed by atoms with E-state index in [-0.39, 0.29) is 25.9 Å². The zero-order valence-electron chi connectivity index (χ0n) is 9.94. The van der Waals surface area contributed by atoms with Gasteiger partial charge in [0, 0.05) is 13.1 Å². The molecule has 1 fully saturated rings. The lowest BCUT2D eigenvalue weighted by Crippen LogP contribution is -2.42. The van der Waals surface area contributed by atoms with Gasteiger partial charge in [-0.25, -0.2) is 13.2 Å². The summed E-state index contributed by atoms with van der Waals surface area (Å²) in [4.78, 5) is 0. The summed E-state index contributed by atoms with van der Waals surface area (Å²) in [5.41, 5.74) is -0.718. The summed E-state index contributed by atoms with van der Waals surface area (Å²) in [5.74, 6) is -1.99. The second kappa shape index (κ2) is 5.38. The summed E-state index contributed by atoms with van der Waals surface area (Å²) < 4.78 is 66.4. The van der Waals surface area contributed by atoms with Gasteiger partial charge in [0.1, 0.15) is 23.5 Å². The summed E-state index contributed by atoms with van der Waals surface area (Å²) in [6.45, 7) is -0.0147. The van der Waals surface area contributed by atoms with E-state index in [4.69, 9.17) is 0 Å². The number of nitrogens with zero attached hydrogens (tertiary/aromatic N) is 1. The molecule has 4 nitrogen and oxygen atoms in total. The number of hydrogen-bond acceptors (Lipinski definition) is 2. The summed E-state index contributed by atoms with van der Waals surface area (Å²) in [6, 6.07) is 3.04. The Morgan fingerprint density at radius 2 is 1.68 bits per heavy atom. The van der Waals surface area contributed by atoms with Crippen LogP contribution in [0.1, 0.15) is 12.8 Å². The second-order valence-corrected chi connectivity index (χ2v) is 5.95. The summed E-state index contributed by atoms with van der Waals surface area (Å²) in [6.07, 6.45) is -0.863. The van der Waals surface area contributed by atoms with Crippen LogP contribution < -0.4 is 4.72 Å². The van der Waals surface area contributed by atoms with Crippen LogP contribution in [0.25, 0.3) is 0 Å². The van der Waals surface area contributed by atoms with E-state index in [1.807, 2.05) is 4.72 Å². The molecular formula is C11H13F3N2O2S. The average molecular weight is 294 g/mol. The number of para-hydroxylation sites is 1. The highest BCUT2D eigenvalue weighted by molar-refractivity contribution is 7.90. The maximum atomic E-state index is 13.4. The van der Waals surface area contributed by atoms with E-state index < -0.39 is 33.7 Å². The molecular weight excluding hydrogens is 281 g/mol. The third kappa shape index (κ3) is 3.19. The van der Waals surface area contributed by atoms with Gasteiger partial charge in [0.2, 0.25) is 0 Å². The fourth-order valence-corrected chi connectivity index (χ4v) is 3.13. The zero-order valence-corrected chi connectivity index (χ0v) is 10.8. The number of piperidine rings is 1. The van der Waals surface area contributed by atoms with Crippen LogP contribution in [-0.2, 0) is 10.2 Å². The molecule has 1 aliphatic rings. The van der Waals surface area contributed by atoms with Crippen LogP contribution in [0.3, 0.4) is 0 Å². The average Bonchev–Trinajstić information content (AvgIpc) is 2.35. The third-order valence-electron chi connectivity index (χ3n) is 2.92. The van der Waals surface area contributed by atoms with Crippen LogP contribution in [0.4, 0.5) is 18.9 Å². The molecule has 0 bridgehead atoms. The zero-order chi connectivity index (χ0) is 14.0. The van der Waals surface area contributed by atoms with Crippen LogP contribution in [0, 0.1) is 11.6 Å². The maximum Gasteiger partial charge on any atom is 0.301 e. The number of alkyl halides is 1. The molecule has 1 aliphatic heterocycles. The fourth-order valence-electron chi connectivity index (χ4n) is 1.85. The summed E-state index contributed by atoms with van der Waals surface area (Å²) in [5, 5.41) is 0. The first-order chi connectivity index (χ1) is 8.90. The van der Waals surface area contributed by atoms with Crippen LogP contribution in [0.2, 0.25) is 0 Å². The highest BCUT2D eigenvalue weighted by Gasteiger charge is 2.29. The van der Waals surface area contributed by atoms with E-state index in [2.05, 4.69) is 0 Å². The van der Waals surface area contributed by atoms with Gasteiger partial charge in [0.05, 0.1) is 0 Å². The molecule has 0 spiro atoms. The Balaban J connectivity index is 2.17. The van der Waals surface area contributed by atoms with Crippen LogP contribution in [0.15, 0.2) is 18.2 Å². The standard InChI is InChI=1S/C11H13F3N2O2S/c12-8-4-6-16(7-5-8)19(17,18)15-11-9(13)2-1-3-10(11)14/h1-3,8,15H,4-7H2. The highest BCUT2D eigenvalue weighted by Crippen LogP contribution is 2.22. The minimum atomic E-state index is -4.07. The van der Waals surface area contributed by atoms with Gasteiger partial charge in [-0.1, -0.05) is 6.07 Å². The lowest BCUT2D eigenvalue weighted by atomic mass is 10.1. The number of rotatable bonds is 3. The first-order valence-corrected chi connectivity index (χ1v) is 7.20. The molecule has 1 N–H and O–H groups in total. The molecule has 2 rings (SSSR count). The SMILES string of the molecule is O=S(=O)(Nc1c(F)cccc1F)N1CCC(F)CC1. The Morgan fingerprint density at radius 1 is 1.16 bits per heavy atom. The molecule has 8 heteroatoms. The molecule has 0 aromatic heterocycles. The Labute approximate surface area is 109 Å². The monoisotopic (exact) mass is 294 g/mol. The van der Waals surface area contributed by atoms with Gasteiger partial charge < -0.3 is 0 Å². The summed E-state index contributed by atoms with van der Waals surface area (Å²) in [7, 11) is -4.07. The van der Waals surface area contributed by atoms with Crippen molar-refractivity contribution >= 4 is 15.9 Å². The first-order valence-electron chi connectivity index (χ1n) is 5.76. The van der Waals surface area contributed by atoms with Gasteiger partial charge in [0.15, 0.2) is 0 Å². The molecule has 106 valence electrons. The van der Waals surface area contributed by atoms with Crippen molar-refractivity contribution in [2.75, 3.05) is 17.8 Å². The highest BCUT2D eigenvalue weighted by atomic mass is 32.2. The molecule has 1 saturated heterocycles. The lowest BCUT2D eigenvalue weighted by Gasteiger charge is -2.28. The Morgan fingerprint density at radius 3 is 2.21 bits per heavy atom. The predicted molar refractivity (Wildman–Crippen MR) is 64.6 cm³/mol. The fraction of sp³-hybridized carbons (Fsp3) is 0.455. The number of benzene rings is 1. The van der Waals surface area contributed by atoms with Crippen LogP contribution >= 0.6 is 0 Å². The maximum absolute atomic E-state index is 13.4. The number of nitrogens with one attached hydrogen (secondary N) is 1. The van der Waals surface area contributed by atoms with E-state index in [1.165, 1.54) is 0 Å². The van der Waals surface area contributed by atoms with Crippen molar-refractivity contribution < 1.29 is 21.6 Å². The minimum Gasteiger partial charge on any atom is -0.265 e. The van der Waals surface area contributed by atoms with E-state index in [9.17, 15) is 21.6 Å². The molecule has 0 unspecified atom stereocenters. The van der Waals surface area contributed by atoms with E-state index in [1.54, 1.807) is 0 Å². The van der Waals surface area contributed by atoms with Gasteiger partial charge in [-0.05, 0) is 25.0 Å². The van der Waals surface area contributed by atoms with Crippen molar-refractivity contribution in [3.63, 3.8) is 0 Å². The van der Waals surface area contributed by atoms with Crippen LogP contribution in [0.5, 0.6) is 0 Å². The topological polar surface area (TPSA) is 49.4 Å². The molecule has 1 aromatic carbocycles. The van der Waals surface area contributed by atoms with E-state index in [0.717, 1.165) is 22.5 Å². The predicted octanol–water partition coefficient (Wildman–Crippen LogP) is 2.06. The quantitative estimate of drug-likeness (QED) is 0.927. The number of hydrogen-bond donors (Lipinski definition) is 1. The van der Waals surface area contributed by atoms with Crippen molar-refractivity contribution in [3.05, 3.63) is 29.8 Å². The van der Waals surface area contributed by atoms with E-state index in [0.29, 0.717) is 0 Å². The van der Waals surface area contributed by atoms with Crippen molar-refractivity contribution in [3.8, 4) is 0 Å². The van der Waals surface area contributed by atoms with Crippen LogP contribution in [-0.4, -0.2) is 32.0 Å². The van der Waals surface area contributed by atoms with Gasteiger partial charge >= 0.3 is 10.2 Å². The second-order valence-electron chi connectivity index (χ2n) is 4.28. The molecule has 19 heavy (non-hydrogen) atoms. The van der Waals surface area contributed by atoms with Gasteiger partial charge in [-0.2, -0.15) is 12.7 Å². The Kier molecular flexibility index (Phi) is 4.00. The molecule has 1 heterocycles. The van der Waals surface area contributed by atoms with Crippen molar-refractivity contribution in [2.24, 2.45) is 0 Å². The smallest absolute Gasteiger partial charge is 0.265 e. The minimum absolute atomic E-state index is 0.00737. The number of halogens is 3. The molecule has 0 aliphatic carbocycles. The summed E-state index contributed by atoms with van der Waals surface area (Å²) >= 11 is 0. The first kappa shape index (κ1) is 14.1. The lowest BCUT2D eigenvalue weighted by molar-refractivity contribution is 0.211. The normalized spacial score (nSPS) is 18.5. The molecule has 0 amide bonds. The van der Waals surface area contributed by atoms with Gasteiger partial charge in [-0.15, -0.1) is 0 Å². The van der Waals surface area contributed by atoms with Gasteiger partial charge in [-0.3, -0.25) is 4.72 Å². The molecule has 0 radical (unpaired) electrons. The van der Waals surface area contributed by atoms with Crippen molar-refractivity contribution in [1.82, 2.24) is 4.31 Å². The Bertz CT molecular complexity index is 537. The molecule has 0 saturated carbocycles. The van der Waals surface area contributed by atoms with Gasteiger partial charge in [0.25, 0.3) is 0 Å². The van der Waals surface area contributed by atoms with Crippen molar-refractivity contribution in [2.45, 2.75) is 19.0 Å². The van der Waals surface area contributed by atoms with Crippen molar-refractivity contribution in [1.29, 1.82) is 0 Å². The largest absolute Gasteiger partial charge is 0.301 e. The molecule has 1 aromatic rings. The number of anilines is 1. The third-order valence-corrected chi connectivity index (χ3v) is 4.42. The molecule has 0 atom stereocenters. The van der Waals surface area contributed by atoms with E-state index >= 15 is 0 Å². The Hall–Kier alpha value is -1.28.